The van der Waals surface area contributed by atoms with E-state index in [0.717, 1.165) is 24.5 Å². The van der Waals surface area contributed by atoms with Crippen molar-refractivity contribution < 1.29 is 19.4 Å². The fourth-order valence-corrected chi connectivity index (χ4v) is 2.96. The summed E-state index contributed by atoms with van der Waals surface area (Å²) in [6.07, 6.45) is 2.49. The van der Waals surface area contributed by atoms with Crippen LogP contribution >= 0.6 is 0 Å². The van der Waals surface area contributed by atoms with Crippen molar-refractivity contribution in [1.82, 2.24) is 9.80 Å². The molecule has 1 aromatic rings. The molecule has 0 bridgehead atoms. The molecule has 0 aliphatic carbocycles. The van der Waals surface area contributed by atoms with Gasteiger partial charge in [0, 0.05) is 6.54 Å². The van der Waals surface area contributed by atoms with Crippen LogP contribution in [-0.2, 0) is 0 Å². The number of amides is 2. The quantitative estimate of drug-likeness (QED) is 0.785. The summed E-state index contributed by atoms with van der Waals surface area (Å²) < 4.78 is 5.70. The van der Waals surface area contributed by atoms with Gasteiger partial charge in [0.05, 0.1) is 24.3 Å². The number of aliphatic hydroxyl groups is 1. The van der Waals surface area contributed by atoms with E-state index in [-0.39, 0.29) is 25.0 Å². The van der Waals surface area contributed by atoms with Crippen molar-refractivity contribution in [2.45, 2.75) is 12.8 Å². The molecular weight excluding hydrogens is 284 g/mol. The Hall–Kier alpha value is -1.92. The smallest absolute Gasteiger partial charge is 0.261 e. The van der Waals surface area contributed by atoms with Crippen LogP contribution in [0.4, 0.5) is 0 Å². The summed E-state index contributed by atoms with van der Waals surface area (Å²) >= 11 is 0. The molecule has 1 fully saturated rings. The van der Waals surface area contributed by atoms with Gasteiger partial charge >= 0.3 is 0 Å². The van der Waals surface area contributed by atoms with Gasteiger partial charge in [-0.1, -0.05) is 0 Å². The Kier molecular flexibility index (Phi) is 4.40. The zero-order chi connectivity index (χ0) is 15.5. The van der Waals surface area contributed by atoms with Gasteiger partial charge in [0.25, 0.3) is 11.8 Å². The topological polar surface area (TPSA) is 70.1 Å². The molecule has 0 spiro atoms. The van der Waals surface area contributed by atoms with Crippen molar-refractivity contribution in [2.24, 2.45) is 0 Å². The van der Waals surface area contributed by atoms with Crippen LogP contribution in [0.1, 0.15) is 33.6 Å². The summed E-state index contributed by atoms with van der Waals surface area (Å²) in [5.41, 5.74) is 0.738. The van der Waals surface area contributed by atoms with E-state index in [1.54, 1.807) is 18.2 Å². The van der Waals surface area contributed by atoms with Crippen LogP contribution in [0.15, 0.2) is 18.2 Å². The molecule has 0 radical (unpaired) electrons. The number of likely N-dealkylation sites (tertiary alicyclic amines) is 1. The molecule has 22 heavy (non-hydrogen) atoms. The molecule has 3 rings (SSSR count). The summed E-state index contributed by atoms with van der Waals surface area (Å²) in [7, 11) is 0. The van der Waals surface area contributed by atoms with Crippen molar-refractivity contribution in [2.75, 3.05) is 39.4 Å². The number of benzene rings is 1. The average molecular weight is 304 g/mol. The van der Waals surface area contributed by atoms with Crippen molar-refractivity contribution in [3.8, 4) is 5.75 Å². The zero-order valence-electron chi connectivity index (χ0n) is 12.5. The van der Waals surface area contributed by atoms with Crippen molar-refractivity contribution in [3.63, 3.8) is 0 Å². The van der Waals surface area contributed by atoms with E-state index in [0.29, 0.717) is 23.5 Å². The molecule has 0 aromatic heterocycles. The maximum Gasteiger partial charge on any atom is 0.261 e. The Labute approximate surface area is 129 Å². The second kappa shape index (κ2) is 6.46. The van der Waals surface area contributed by atoms with Crippen LogP contribution in [0.3, 0.4) is 0 Å². The van der Waals surface area contributed by atoms with Crippen molar-refractivity contribution in [1.29, 1.82) is 0 Å². The van der Waals surface area contributed by atoms with Crippen LogP contribution in [-0.4, -0.2) is 66.1 Å². The molecule has 2 aliphatic rings. The third-order valence-electron chi connectivity index (χ3n) is 4.14. The second-order valence-corrected chi connectivity index (χ2v) is 5.59. The third-order valence-corrected chi connectivity index (χ3v) is 4.14. The highest BCUT2D eigenvalue weighted by Gasteiger charge is 2.35. The second-order valence-electron chi connectivity index (χ2n) is 5.59. The minimum atomic E-state index is -0.362. The van der Waals surface area contributed by atoms with Gasteiger partial charge in [-0.15, -0.1) is 0 Å². The van der Waals surface area contributed by atoms with Crippen LogP contribution in [0, 0.1) is 0 Å². The van der Waals surface area contributed by atoms with Gasteiger partial charge in [0.2, 0.25) is 0 Å². The number of β-amino-alcohol motifs (C(OH)–C–C–N with tert-alkyl or cyclic N) is 1. The highest BCUT2D eigenvalue weighted by atomic mass is 16.5. The summed E-state index contributed by atoms with van der Waals surface area (Å²) in [5, 5.41) is 8.94. The summed E-state index contributed by atoms with van der Waals surface area (Å²) in [6.45, 7) is 3.48. The largest absolute Gasteiger partial charge is 0.492 e. The summed E-state index contributed by atoms with van der Waals surface area (Å²) in [5.74, 6) is -0.110. The minimum Gasteiger partial charge on any atom is -0.492 e. The first-order valence-corrected chi connectivity index (χ1v) is 7.67. The molecule has 118 valence electrons. The monoisotopic (exact) mass is 304 g/mol. The van der Waals surface area contributed by atoms with Gasteiger partial charge in [-0.25, -0.2) is 0 Å². The first kappa shape index (κ1) is 15.0. The maximum absolute atomic E-state index is 12.2. The average Bonchev–Trinajstić information content (AvgIpc) is 3.11. The molecule has 6 nitrogen and oxygen atoms in total. The first-order valence-electron chi connectivity index (χ1n) is 7.67. The zero-order valence-corrected chi connectivity index (χ0v) is 12.5. The molecule has 2 heterocycles. The molecular formula is C16H20N2O4. The predicted molar refractivity (Wildman–Crippen MR) is 80.1 cm³/mol. The number of aliphatic hydroxyl groups excluding tert-OH is 1. The summed E-state index contributed by atoms with van der Waals surface area (Å²) in [6, 6.07) is 4.96. The fourth-order valence-electron chi connectivity index (χ4n) is 2.96. The van der Waals surface area contributed by atoms with Crippen LogP contribution in [0.5, 0.6) is 5.75 Å². The summed E-state index contributed by atoms with van der Waals surface area (Å²) in [4.78, 5) is 27.6. The number of carbonyl (C=O) groups excluding carboxylic acids is 2. The van der Waals surface area contributed by atoms with E-state index in [9.17, 15) is 9.59 Å². The van der Waals surface area contributed by atoms with Gasteiger partial charge in [-0.3, -0.25) is 19.4 Å². The van der Waals surface area contributed by atoms with Crippen molar-refractivity contribution >= 4 is 11.8 Å². The normalized spacial score (nSPS) is 18.1. The SMILES string of the molecule is O=C1c2ccc(OCCN3CCCC3)cc2C(=O)N1CCO. The van der Waals surface area contributed by atoms with E-state index >= 15 is 0 Å². The third kappa shape index (κ3) is 2.84. The highest BCUT2D eigenvalue weighted by Crippen LogP contribution is 2.26. The number of fused-ring (bicyclic) bond motifs is 1. The lowest BCUT2D eigenvalue weighted by molar-refractivity contribution is 0.0624. The lowest BCUT2D eigenvalue weighted by atomic mass is 10.1. The van der Waals surface area contributed by atoms with Gasteiger partial charge in [0.1, 0.15) is 12.4 Å². The van der Waals surface area contributed by atoms with Gasteiger partial charge in [-0.2, -0.15) is 0 Å². The van der Waals surface area contributed by atoms with E-state index in [2.05, 4.69) is 4.90 Å². The number of rotatable bonds is 6. The minimum absolute atomic E-state index is 0.0253. The maximum atomic E-state index is 12.2. The lowest BCUT2D eigenvalue weighted by Crippen LogP contribution is -2.32. The molecule has 1 saturated heterocycles. The first-order chi connectivity index (χ1) is 10.7. The fraction of sp³-hybridized carbons (Fsp3) is 0.500. The number of hydrogen-bond donors (Lipinski definition) is 1. The van der Waals surface area contributed by atoms with Gasteiger partial charge in [0.15, 0.2) is 0 Å². The Bertz CT molecular complexity index is 582. The Morgan fingerprint density at radius 1 is 1.05 bits per heavy atom. The van der Waals surface area contributed by atoms with Gasteiger partial charge in [-0.05, 0) is 44.1 Å². The standard InChI is InChI=1S/C16H20N2O4/c19-9-7-18-15(20)13-4-3-12(11-14(13)16(18)21)22-10-8-17-5-1-2-6-17/h3-4,11,19H,1-2,5-10H2. The number of nitrogens with zero attached hydrogens (tertiary/aromatic N) is 2. The van der Waals surface area contributed by atoms with E-state index < -0.39 is 0 Å². The number of hydrogen-bond acceptors (Lipinski definition) is 5. The van der Waals surface area contributed by atoms with Crippen molar-refractivity contribution in [3.05, 3.63) is 29.3 Å². The van der Waals surface area contributed by atoms with Gasteiger partial charge < -0.3 is 9.84 Å². The number of ether oxygens (including phenoxy) is 1. The Morgan fingerprint density at radius 2 is 1.77 bits per heavy atom. The highest BCUT2D eigenvalue weighted by molar-refractivity contribution is 6.21. The molecule has 0 saturated carbocycles. The molecule has 0 unspecified atom stereocenters. The molecule has 0 atom stereocenters. The lowest BCUT2D eigenvalue weighted by Gasteiger charge is -2.15. The molecule has 1 N–H and O–H groups in total. The predicted octanol–water partition coefficient (Wildman–Crippen LogP) is 0.750. The van der Waals surface area contributed by atoms with E-state index in [1.807, 2.05) is 0 Å². The molecule has 6 heteroatoms. The Balaban J connectivity index is 1.64. The van der Waals surface area contributed by atoms with E-state index in [4.69, 9.17) is 9.84 Å². The molecule has 2 amide bonds. The number of imide groups is 1. The molecule has 2 aliphatic heterocycles. The Morgan fingerprint density at radius 3 is 2.50 bits per heavy atom. The van der Waals surface area contributed by atoms with Crippen LogP contribution in [0.2, 0.25) is 0 Å². The van der Waals surface area contributed by atoms with E-state index in [1.165, 1.54) is 12.8 Å². The van der Waals surface area contributed by atoms with Crippen LogP contribution < -0.4 is 4.74 Å². The number of carbonyl (C=O) groups is 2. The van der Waals surface area contributed by atoms with Crippen LogP contribution in [0.25, 0.3) is 0 Å². The molecule has 1 aromatic carbocycles.